The van der Waals surface area contributed by atoms with Crippen LogP contribution in [0.2, 0.25) is 0 Å². The molecule has 0 saturated heterocycles. The average Bonchev–Trinajstić information content (AvgIpc) is 3.30. The predicted molar refractivity (Wildman–Crippen MR) is 269 cm³/mol. The fourth-order valence-electron chi connectivity index (χ4n) is 6.70. The number of phosphoric ester groups is 1. The van der Waals surface area contributed by atoms with Crippen molar-refractivity contribution in [2.24, 2.45) is 0 Å². The summed E-state index contributed by atoms with van der Waals surface area (Å²) < 4.78 is 32.7. The highest BCUT2D eigenvalue weighted by molar-refractivity contribution is 7.47. The molecule has 0 radical (unpaired) electrons. The minimum atomic E-state index is -4.65. The molecule has 0 bridgehead atoms. The monoisotopic (exact) mass is 933 g/mol. The number of rotatable bonds is 47. The summed E-state index contributed by atoms with van der Waals surface area (Å²) in [6.45, 7) is 2.06. The van der Waals surface area contributed by atoms with Crippen LogP contribution in [0.4, 0.5) is 0 Å². The van der Waals surface area contributed by atoms with Crippen molar-refractivity contribution in [3.05, 3.63) is 85.1 Å². The highest BCUT2D eigenvalue weighted by atomic mass is 31.2. The molecule has 11 heteroatoms. The van der Waals surface area contributed by atoms with Crippen LogP contribution in [0.15, 0.2) is 85.1 Å². The molecule has 0 rings (SSSR count). The van der Waals surface area contributed by atoms with Crippen molar-refractivity contribution in [2.45, 2.75) is 219 Å². The van der Waals surface area contributed by atoms with Crippen LogP contribution in [0.25, 0.3) is 0 Å². The molecule has 65 heavy (non-hydrogen) atoms. The zero-order valence-corrected chi connectivity index (χ0v) is 41.8. The molecule has 0 saturated carbocycles. The summed E-state index contributed by atoms with van der Waals surface area (Å²) in [4.78, 5) is 34.7. The van der Waals surface area contributed by atoms with Crippen molar-refractivity contribution in [3.8, 4) is 0 Å². The Morgan fingerprint density at radius 1 is 0.431 bits per heavy atom. The van der Waals surface area contributed by atoms with Crippen LogP contribution < -0.4 is 0 Å². The number of phosphoric acid groups is 1. The van der Waals surface area contributed by atoms with Crippen molar-refractivity contribution < 1.29 is 47.8 Å². The van der Waals surface area contributed by atoms with E-state index in [-0.39, 0.29) is 12.8 Å². The number of carbonyl (C=O) groups is 2. The summed E-state index contributed by atoms with van der Waals surface area (Å²) in [5, 5.41) is 19.3. The van der Waals surface area contributed by atoms with Gasteiger partial charge in [-0.05, 0) is 89.9 Å². The number of carbonyl (C=O) groups excluding carboxylic acids is 2. The van der Waals surface area contributed by atoms with E-state index in [0.29, 0.717) is 12.8 Å². The maximum atomic E-state index is 12.4. The Balaban J connectivity index is 3.88. The third-order valence-electron chi connectivity index (χ3n) is 10.6. The van der Waals surface area contributed by atoms with Gasteiger partial charge in [0.15, 0.2) is 0 Å². The van der Waals surface area contributed by atoms with Crippen LogP contribution in [0.1, 0.15) is 206 Å². The van der Waals surface area contributed by atoms with E-state index < -0.39 is 58.4 Å². The Morgan fingerprint density at radius 2 is 0.723 bits per heavy atom. The maximum Gasteiger partial charge on any atom is 0.472 e. The number of ether oxygens (including phenoxy) is 2. The van der Waals surface area contributed by atoms with Gasteiger partial charge in [-0.15, -0.1) is 0 Å². The summed E-state index contributed by atoms with van der Waals surface area (Å²) in [5.74, 6) is -1.04. The predicted octanol–water partition coefficient (Wildman–Crippen LogP) is 14.6. The molecular weight excluding hydrogens is 840 g/mol. The van der Waals surface area contributed by atoms with Gasteiger partial charge in [0.2, 0.25) is 0 Å². The third kappa shape index (κ3) is 47.4. The summed E-state index contributed by atoms with van der Waals surface area (Å²) in [6.07, 6.45) is 59.8. The molecule has 0 amide bonds. The summed E-state index contributed by atoms with van der Waals surface area (Å²) >= 11 is 0. The molecule has 0 aliphatic carbocycles. The minimum Gasteiger partial charge on any atom is -0.457 e. The van der Waals surface area contributed by atoms with E-state index in [1.165, 1.54) is 64.2 Å². The molecule has 0 aliphatic heterocycles. The Morgan fingerprint density at radius 3 is 1.05 bits per heavy atom. The SMILES string of the molecule is CC/C=C\C/C=C\C/C=C\C/C=C\CCCCCCCCCCCCC(=O)OC(CO)COP(=O)(O)OCC(CO)OC(=O)CCCCCCCC/C=C\C/C=C\C/C=C\CCCCC. The number of unbranched alkanes of at least 4 members (excludes halogenated alkanes) is 19. The Bertz CT molecular complexity index is 1350. The fraction of sp³-hybridized carbons (Fsp3) is 0.704. The highest BCUT2D eigenvalue weighted by Crippen LogP contribution is 2.43. The largest absolute Gasteiger partial charge is 0.472 e. The summed E-state index contributed by atoms with van der Waals surface area (Å²) in [6, 6.07) is 0. The first-order chi connectivity index (χ1) is 31.8. The number of hydrogen-bond donors (Lipinski definition) is 3. The lowest BCUT2D eigenvalue weighted by Crippen LogP contribution is -2.28. The van der Waals surface area contributed by atoms with Gasteiger partial charge in [0, 0.05) is 12.8 Å². The number of hydrogen-bond acceptors (Lipinski definition) is 9. The van der Waals surface area contributed by atoms with Gasteiger partial charge in [-0.2, -0.15) is 0 Å². The van der Waals surface area contributed by atoms with Crippen molar-refractivity contribution in [3.63, 3.8) is 0 Å². The molecule has 10 nitrogen and oxygen atoms in total. The van der Waals surface area contributed by atoms with E-state index in [9.17, 15) is 29.3 Å². The van der Waals surface area contributed by atoms with E-state index in [1.807, 2.05) is 0 Å². The lowest BCUT2D eigenvalue weighted by Gasteiger charge is -2.20. The van der Waals surface area contributed by atoms with Gasteiger partial charge in [0.25, 0.3) is 0 Å². The van der Waals surface area contributed by atoms with Crippen LogP contribution in [-0.2, 0) is 32.7 Å². The molecule has 0 fully saturated rings. The minimum absolute atomic E-state index is 0.174. The Kier molecular flexibility index (Phi) is 46.9. The molecule has 3 N–H and O–H groups in total. The second-order valence-electron chi connectivity index (χ2n) is 16.8. The van der Waals surface area contributed by atoms with Crippen LogP contribution >= 0.6 is 7.82 Å². The standard InChI is InChI=1S/C54H93O10P/c1-3-5-7-9-11-13-15-17-19-21-23-24-25-26-28-30-32-34-36-38-40-42-44-46-54(58)64-52(48-56)50-62-65(59,60)61-49-51(47-55)63-53(57)45-43-41-39-37-35-33-31-29-27-22-20-18-16-14-12-10-8-6-4-2/h5,7,11-14,17-20,23-24,27,29,51-52,55-56H,3-4,6,8-10,15-16,21-22,25-26,28,30-50H2,1-2H3,(H,59,60)/b7-5-,13-11-,14-12-,19-17-,20-18-,24-23-,29-27-. The Labute approximate surface area is 396 Å². The first-order valence-corrected chi connectivity index (χ1v) is 27.0. The van der Waals surface area contributed by atoms with Gasteiger partial charge in [-0.1, -0.05) is 189 Å². The molecule has 3 unspecified atom stereocenters. The van der Waals surface area contributed by atoms with E-state index in [1.54, 1.807) is 0 Å². The van der Waals surface area contributed by atoms with Gasteiger partial charge < -0.3 is 24.6 Å². The average molecular weight is 933 g/mol. The van der Waals surface area contributed by atoms with Crippen molar-refractivity contribution in [1.29, 1.82) is 0 Å². The molecule has 0 aromatic carbocycles. The zero-order chi connectivity index (χ0) is 47.6. The number of aliphatic hydroxyl groups excluding tert-OH is 2. The van der Waals surface area contributed by atoms with E-state index in [2.05, 4.69) is 98.9 Å². The number of allylic oxidation sites excluding steroid dienone is 14. The topological polar surface area (TPSA) is 149 Å². The second-order valence-corrected chi connectivity index (χ2v) is 18.2. The lowest BCUT2D eigenvalue weighted by atomic mass is 10.0. The van der Waals surface area contributed by atoms with Gasteiger partial charge >= 0.3 is 19.8 Å². The second kappa shape index (κ2) is 49.1. The molecule has 0 spiro atoms. The van der Waals surface area contributed by atoms with Gasteiger partial charge in [-0.3, -0.25) is 18.6 Å². The van der Waals surface area contributed by atoms with Crippen LogP contribution in [0.3, 0.4) is 0 Å². The first kappa shape index (κ1) is 62.1. The number of esters is 2. The molecule has 374 valence electrons. The maximum absolute atomic E-state index is 12.4. The molecular formula is C54H93O10P. The quantitative estimate of drug-likeness (QED) is 0.0233. The molecule has 0 aromatic rings. The Hall–Kier alpha value is -2.85. The van der Waals surface area contributed by atoms with E-state index in [0.717, 1.165) is 103 Å². The van der Waals surface area contributed by atoms with E-state index in [4.69, 9.17) is 18.5 Å². The van der Waals surface area contributed by atoms with Gasteiger partial charge in [0.1, 0.15) is 12.2 Å². The highest BCUT2D eigenvalue weighted by Gasteiger charge is 2.27. The summed E-state index contributed by atoms with van der Waals surface area (Å²) in [5.41, 5.74) is 0. The first-order valence-electron chi connectivity index (χ1n) is 25.5. The van der Waals surface area contributed by atoms with Gasteiger partial charge in [0.05, 0.1) is 26.4 Å². The van der Waals surface area contributed by atoms with E-state index >= 15 is 0 Å². The fourth-order valence-corrected chi connectivity index (χ4v) is 7.49. The van der Waals surface area contributed by atoms with Crippen molar-refractivity contribution in [1.82, 2.24) is 0 Å². The third-order valence-corrected chi connectivity index (χ3v) is 11.5. The number of aliphatic hydroxyl groups is 2. The smallest absolute Gasteiger partial charge is 0.457 e. The van der Waals surface area contributed by atoms with Crippen molar-refractivity contribution >= 4 is 19.8 Å². The normalized spacial score (nSPS) is 14.4. The van der Waals surface area contributed by atoms with Crippen molar-refractivity contribution in [2.75, 3.05) is 26.4 Å². The molecule has 3 atom stereocenters. The van der Waals surface area contributed by atoms with Crippen LogP contribution in [-0.4, -0.2) is 65.7 Å². The summed E-state index contributed by atoms with van der Waals surface area (Å²) in [7, 11) is -4.65. The zero-order valence-electron chi connectivity index (χ0n) is 40.9. The van der Waals surface area contributed by atoms with Crippen LogP contribution in [0, 0.1) is 0 Å². The van der Waals surface area contributed by atoms with Crippen LogP contribution in [0.5, 0.6) is 0 Å². The molecule has 0 aromatic heterocycles. The lowest BCUT2D eigenvalue weighted by molar-refractivity contribution is -0.153. The van der Waals surface area contributed by atoms with Gasteiger partial charge in [-0.25, -0.2) is 4.57 Å². The molecule has 0 aliphatic rings. The molecule has 0 heterocycles.